The third-order valence-electron chi connectivity index (χ3n) is 2.29. The fourth-order valence-corrected chi connectivity index (χ4v) is 2.30. The zero-order chi connectivity index (χ0) is 13.1. The average Bonchev–Trinajstić information content (AvgIpc) is 2.75. The van der Waals surface area contributed by atoms with E-state index in [1.54, 1.807) is 23.0 Å². The largest absolute Gasteiger partial charge is 0.481 e. The Morgan fingerprint density at radius 1 is 1.50 bits per heavy atom. The van der Waals surface area contributed by atoms with Crippen LogP contribution in [0.4, 0.5) is 0 Å². The molecule has 1 aromatic heterocycles. The number of carbonyl (C=O) groups is 1. The van der Waals surface area contributed by atoms with Crippen LogP contribution in [0.5, 0.6) is 0 Å². The smallest absolute Gasteiger partial charge is 0.303 e. The number of halogens is 2. The minimum absolute atomic E-state index is 0.0421. The van der Waals surface area contributed by atoms with Gasteiger partial charge < -0.3 is 5.11 Å². The summed E-state index contributed by atoms with van der Waals surface area (Å²) in [7, 11) is 0. The number of carboxylic acid groups (broad SMARTS) is 1. The fraction of sp³-hybridized carbons (Fsp3) is 0.182. The van der Waals surface area contributed by atoms with E-state index in [1.165, 1.54) is 0 Å². The molecule has 0 radical (unpaired) electrons. The van der Waals surface area contributed by atoms with Crippen LogP contribution in [0.3, 0.4) is 0 Å². The van der Waals surface area contributed by atoms with Crippen molar-refractivity contribution in [1.29, 1.82) is 0 Å². The van der Waals surface area contributed by atoms with Crippen molar-refractivity contribution in [2.24, 2.45) is 0 Å². The van der Waals surface area contributed by atoms with Crippen LogP contribution in [-0.4, -0.2) is 26.1 Å². The molecule has 0 atom stereocenters. The van der Waals surface area contributed by atoms with Crippen molar-refractivity contribution in [3.05, 3.63) is 39.6 Å². The van der Waals surface area contributed by atoms with E-state index in [-0.39, 0.29) is 6.42 Å². The van der Waals surface area contributed by atoms with Gasteiger partial charge in [0.05, 0.1) is 24.0 Å². The molecule has 18 heavy (non-hydrogen) atoms. The first-order chi connectivity index (χ1) is 8.56. The molecule has 1 heterocycles. The summed E-state index contributed by atoms with van der Waals surface area (Å²) in [5.41, 5.74) is 1.44. The second-order valence-electron chi connectivity index (χ2n) is 3.64. The van der Waals surface area contributed by atoms with Crippen LogP contribution in [0, 0.1) is 0 Å². The van der Waals surface area contributed by atoms with Gasteiger partial charge in [-0.15, -0.1) is 5.10 Å². The van der Waals surface area contributed by atoms with Crippen LogP contribution < -0.4 is 0 Å². The molecule has 0 aliphatic heterocycles. The monoisotopic (exact) mass is 329 g/mol. The molecule has 0 aliphatic carbocycles. The van der Waals surface area contributed by atoms with E-state index in [4.69, 9.17) is 16.7 Å². The zero-order valence-corrected chi connectivity index (χ0v) is 11.5. The number of carboxylic acids is 1. The van der Waals surface area contributed by atoms with Gasteiger partial charge in [0.2, 0.25) is 0 Å². The number of hydrogen-bond donors (Lipinski definition) is 1. The second-order valence-corrected chi connectivity index (χ2v) is 4.93. The average molecular weight is 331 g/mol. The van der Waals surface area contributed by atoms with Gasteiger partial charge in [-0.25, -0.2) is 4.68 Å². The third-order valence-corrected chi connectivity index (χ3v) is 3.16. The summed E-state index contributed by atoms with van der Waals surface area (Å²) in [6, 6.07) is 5.32. The molecular weight excluding hydrogens is 321 g/mol. The van der Waals surface area contributed by atoms with Crippen LogP contribution >= 0.6 is 27.5 Å². The predicted molar refractivity (Wildman–Crippen MR) is 70.0 cm³/mol. The molecule has 7 heteroatoms. The number of hydrogen-bond acceptors (Lipinski definition) is 3. The molecule has 5 nitrogen and oxygen atoms in total. The van der Waals surface area contributed by atoms with Gasteiger partial charge >= 0.3 is 5.97 Å². The topological polar surface area (TPSA) is 68.0 Å². The number of rotatable bonds is 4. The Labute approximate surface area is 117 Å². The molecular formula is C11H9BrClN3O2. The lowest BCUT2D eigenvalue weighted by atomic mass is 10.2. The maximum atomic E-state index is 10.5. The molecule has 2 rings (SSSR count). The summed E-state index contributed by atoms with van der Waals surface area (Å²) in [4.78, 5) is 10.5. The Balaban J connectivity index is 2.21. The predicted octanol–water partition coefficient (Wildman–Crippen LogP) is 2.70. The molecule has 0 spiro atoms. The van der Waals surface area contributed by atoms with Gasteiger partial charge in [0.15, 0.2) is 0 Å². The molecule has 0 unspecified atom stereocenters. The minimum atomic E-state index is -0.850. The second kappa shape index (κ2) is 5.49. The van der Waals surface area contributed by atoms with Crippen molar-refractivity contribution in [3.8, 4) is 5.69 Å². The highest BCUT2D eigenvalue weighted by Crippen LogP contribution is 2.24. The number of aryl methyl sites for hydroxylation is 1. The van der Waals surface area contributed by atoms with Crippen molar-refractivity contribution < 1.29 is 9.90 Å². The van der Waals surface area contributed by atoms with Gasteiger partial charge in [0.25, 0.3) is 0 Å². The first kappa shape index (κ1) is 13.0. The van der Waals surface area contributed by atoms with E-state index in [9.17, 15) is 4.79 Å². The molecule has 0 saturated heterocycles. The molecule has 1 N–H and O–H groups in total. The van der Waals surface area contributed by atoms with Crippen molar-refractivity contribution in [1.82, 2.24) is 15.0 Å². The SMILES string of the molecule is O=C(O)CCc1cn(-c2ccc(Cl)cc2Br)nn1. The summed E-state index contributed by atoms with van der Waals surface area (Å²) >= 11 is 9.24. The van der Waals surface area contributed by atoms with Gasteiger partial charge in [-0.3, -0.25) is 4.79 Å². The first-order valence-electron chi connectivity index (χ1n) is 5.14. The van der Waals surface area contributed by atoms with E-state index in [0.717, 1.165) is 10.2 Å². The fourth-order valence-electron chi connectivity index (χ4n) is 1.43. The van der Waals surface area contributed by atoms with Crippen molar-refractivity contribution >= 4 is 33.5 Å². The highest BCUT2D eigenvalue weighted by molar-refractivity contribution is 9.10. The van der Waals surface area contributed by atoms with Crippen molar-refractivity contribution in [2.45, 2.75) is 12.8 Å². The highest BCUT2D eigenvalue weighted by Gasteiger charge is 2.08. The molecule has 0 saturated carbocycles. The molecule has 0 fully saturated rings. The molecule has 0 aliphatic rings. The van der Waals surface area contributed by atoms with Crippen LogP contribution in [-0.2, 0) is 11.2 Å². The van der Waals surface area contributed by atoms with Gasteiger partial charge in [-0.1, -0.05) is 16.8 Å². The van der Waals surface area contributed by atoms with E-state index in [0.29, 0.717) is 17.1 Å². The van der Waals surface area contributed by atoms with Crippen molar-refractivity contribution in [2.75, 3.05) is 0 Å². The lowest BCUT2D eigenvalue weighted by Gasteiger charge is -2.03. The van der Waals surface area contributed by atoms with Crippen LogP contribution in [0.2, 0.25) is 5.02 Å². The van der Waals surface area contributed by atoms with Gasteiger partial charge in [0, 0.05) is 15.9 Å². The summed E-state index contributed by atoms with van der Waals surface area (Å²) in [5.74, 6) is -0.850. The Kier molecular flexibility index (Phi) is 3.98. The summed E-state index contributed by atoms with van der Waals surface area (Å²) in [6.07, 6.45) is 2.11. The molecule has 1 aromatic carbocycles. The zero-order valence-electron chi connectivity index (χ0n) is 9.18. The van der Waals surface area contributed by atoms with E-state index in [2.05, 4.69) is 26.2 Å². The summed E-state index contributed by atoms with van der Waals surface area (Å²) in [5, 5.41) is 17.1. The van der Waals surface area contributed by atoms with Crippen LogP contribution in [0.15, 0.2) is 28.9 Å². The Morgan fingerprint density at radius 3 is 2.94 bits per heavy atom. The van der Waals surface area contributed by atoms with Crippen molar-refractivity contribution in [3.63, 3.8) is 0 Å². The van der Waals surface area contributed by atoms with Crippen LogP contribution in [0.1, 0.15) is 12.1 Å². The number of benzene rings is 1. The number of aliphatic carboxylic acids is 1. The van der Waals surface area contributed by atoms with Gasteiger partial charge in [-0.2, -0.15) is 0 Å². The summed E-state index contributed by atoms with van der Waals surface area (Å²) < 4.78 is 2.38. The van der Waals surface area contributed by atoms with E-state index >= 15 is 0 Å². The standard InChI is InChI=1S/C11H9BrClN3O2/c12-9-5-7(13)1-3-10(9)16-6-8(14-15-16)2-4-11(17)18/h1,3,5-6H,2,4H2,(H,17,18). The number of nitrogens with zero attached hydrogens (tertiary/aromatic N) is 3. The quantitative estimate of drug-likeness (QED) is 0.936. The molecule has 94 valence electrons. The van der Waals surface area contributed by atoms with E-state index < -0.39 is 5.97 Å². The highest BCUT2D eigenvalue weighted by atomic mass is 79.9. The lowest BCUT2D eigenvalue weighted by Crippen LogP contribution is -1.97. The Morgan fingerprint density at radius 2 is 2.28 bits per heavy atom. The Hall–Kier alpha value is -1.40. The molecule has 2 aromatic rings. The minimum Gasteiger partial charge on any atom is -0.481 e. The van der Waals surface area contributed by atoms with Gasteiger partial charge in [-0.05, 0) is 34.1 Å². The van der Waals surface area contributed by atoms with E-state index in [1.807, 2.05) is 6.07 Å². The maximum Gasteiger partial charge on any atom is 0.303 e. The lowest BCUT2D eigenvalue weighted by molar-refractivity contribution is -0.136. The molecule has 0 amide bonds. The normalized spacial score (nSPS) is 10.6. The third kappa shape index (κ3) is 3.08. The molecule has 0 bridgehead atoms. The van der Waals surface area contributed by atoms with Crippen LogP contribution in [0.25, 0.3) is 5.69 Å². The maximum absolute atomic E-state index is 10.5. The Bertz CT molecular complexity index is 585. The summed E-state index contributed by atoms with van der Waals surface area (Å²) in [6.45, 7) is 0. The number of aromatic nitrogens is 3. The first-order valence-corrected chi connectivity index (χ1v) is 6.32. The van der Waals surface area contributed by atoms with Gasteiger partial charge in [0.1, 0.15) is 0 Å².